The zero-order valence-corrected chi connectivity index (χ0v) is 20.8. The normalized spacial score (nSPS) is 17.4. The third-order valence-electron chi connectivity index (χ3n) is 6.79. The molecule has 1 saturated carbocycles. The van der Waals surface area contributed by atoms with Gasteiger partial charge in [0.2, 0.25) is 5.91 Å². The number of nitrogens with zero attached hydrogens (tertiary/aromatic N) is 4. The number of halogens is 3. The van der Waals surface area contributed by atoms with Gasteiger partial charge in [-0.3, -0.25) is 9.78 Å². The van der Waals surface area contributed by atoms with Crippen LogP contribution in [0.15, 0.2) is 49.1 Å². The summed E-state index contributed by atoms with van der Waals surface area (Å²) in [4.78, 5) is 39.1. The SMILES string of the molecule is Cc1ccc(NC(=O)N2CCC(CC(F)(F)F)C2)cc1-c1cncc(-c2cc(NC(=O)C3CC3)ncn2)c1. The van der Waals surface area contributed by atoms with Crippen LogP contribution >= 0.6 is 0 Å². The molecule has 0 radical (unpaired) electrons. The van der Waals surface area contributed by atoms with Crippen LogP contribution in [0.2, 0.25) is 0 Å². The van der Waals surface area contributed by atoms with E-state index < -0.39 is 24.5 Å². The third-order valence-corrected chi connectivity index (χ3v) is 6.79. The van der Waals surface area contributed by atoms with Gasteiger partial charge in [0.05, 0.1) is 5.69 Å². The van der Waals surface area contributed by atoms with Crippen molar-refractivity contribution < 1.29 is 22.8 Å². The maximum atomic E-state index is 12.7. The molecule has 3 aromatic rings. The van der Waals surface area contributed by atoms with E-state index >= 15 is 0 Å². The Morgan fingerprint density at radius 3 is 2.58 bits per heavy atom. The van der Waals surface area contributed by atoms with Gasteiger partial charge in [-0.25, -0.2) is 14.8 Å². The van der Waals surface area contributed by atoms with E-state index in [1.807, 2.05) is 25.1 Å². The minimum Gasteiger partial charge on any atom is -0.324 e. The lowest BCUT2D eigenvalue weighted by atomic mass is 9.99. The summed E-state index contributed by atoms with van der Waals surface area (Å²) in [5.74, 6) is -0.133. The average molecular weight is 525 g/mol. The predicted molar refractivity (Wildman–Crippen MR) is 136 cm³/mol. The number of aromatic nitrogens is 3. The van der Waals surface area contributed by atoms with Gasteiger partial charge in [0.25, 0.3) is 0 Å². The summed E-state index contributed by atoms with van der Waals surface area (Å²) in [5, 5.41) is 5.64. The molecular weight excluding hydrogens is 497 g/mol. The second-order valence-corrected chi connectivity index (χ2v) is 9.89. The molecule has 3 heterocycles. The van der Waals surface area contributed by atoms with E-state index in [9.17, 15) is 22.8 Å². The van der Waals surface area contributed by atoms with Crippen molar-refractivity contribution in [3.8, 4) is 22.4 Å². The van der Waals surface area contributed by atoms with Crippen molar-refractivity contribution in [3.05, 3.63) is 54.6 Å². The van der Waals surface area contributed by atoms with Crippen molar-refractivity contribution in [2.75, 3.05) is 23.7 Å². The number of amides is 3. The number of hydrogen-bond donors (Lipinski definition) is 2. The number of pyridine rings is 1. The maximum absolute atomic E-state index is 12.7. The first kappa shape index (κ1) is 25.6. The Kier molecular flexibility index (Phi) is 7.00. The molecule has 5 rings (SSSR count). The Bertz CT molecular complexity index is 1360. The van der Waals surface area contributed by atoms with Gasteiger partial charge in [0.15, 0.2) is 0 Å². The first-order valence-corrected chi connectivity index (χ1v) is 12.5. The summed E-state index contributed by atoms with van der Waals surface area (Å²) >= 11 is 0. The molecule has 1 saturated heterocycles. The summed E-state index contributed by atoms with van der Waals surface area (Å²) in [7, 11) is 0. The third kappa shape index (κ3) is 6.27. The van der Waals surface area contributed by atoms with Crippen molar-refractivity contribution in [3.63, 3.8) is 0 Å². The van der Waals surface area contributed by atoms with Crippen LogP contribution in [0.4, 0.5) is 29.5 Å². The molecule has 2 aliphatic rings. The summed E-state index contributed by atoms with van der Waals surface area (Å²) in [5.41, 5.74) is 4.45. The van der Waals surface area contributed by atoms with Crippen LogP contribution < -0.4 is 10.6 Å². The maximum Gasteiger partial charge on any atom is 0.389 e. The number of hydrogen-bond acceptors (Lipinski definition) is 5. The quantitative estimate of drug-likeness (QED) is 0.433. The van der Waals surface area contributed by atoms with Crippen LogP contribution in [0.25, 0.3) is 22.4 Å². The van der Waals surface area contributed by atoms with Gasteiger partial charge in [-0.2, -0.15) is 13.2 Å². The van der Waals surface area contributed by atoms with E-state index in [1.165, 1.54) is 11.2 Å². The summed E-state index contributed by atoms with van der Waals surface area (Å²) in [6, 6.07) is 8.64. The van der Waals surface area contributed by atoms with Crippen LogP contribution in [-0.2, 0) is 4.79 Å². The number of anilines is 2. The smallest absolute Gasteiger partial charge is 0.324 e. The summed E-state index contributed by atoms with van der Waals surface area (Å²) < 4.78 is 38.1. The molecule has 2 N–H and O–H groups in total. The highest BCUT2D eigenvalue weighted by atomic mass is 19.4. The van der Waals surface area contributed by atoms with E-state index in [0.29, 0.717) is 30.2 Å². The molecule has 1 aliphatic carbocycles. The Morgan fingerprint density at radius 2 is 1.82 bits per heavy atom. The number of nitrogens with one attached hydrogen (secondary N) is 2. The van der Waals surface area contributed by atoms with Crippen LogP contribution in [0.5, 0.6) is 0 Å². The van der Waals surface area contributed by atoms with Gasteiger partial charge < -0.3 is 15.5 Å². The number of carbonyl (C=O) groups is 2. The Morgan fingerprint density at radius 1 is 1.03 bits per heavy atom. The molecule has 1 aromatic carbocycles. The highest BCUT2D eigenvalue weighted by Crippen LogP contribution is 2.33. The van der Waals surface area contributed by atoms with E-state index in [4.69, 9.17) is 0 Å². The number of urea groups is 1. The second-order valence-electron chi connectivity index (χ2n) is 9.89. The fourth-order valence-corrected chi connectivity index (χ4v) is 4.61. The van der Waals surface area contributed by atoms with Crippen molar-refractivity contribution >= 4 is 23.4 Å². The molecular formula is C27H27F3N6O2. The van der Waals surface area contributed by atoms with Gasteiger partial charge in [-0.05, 0) is 61.4 Å². The largest absolute Gasteiger partial charge is 0.389 e. The number of rotatable bonds is 6. The lowest BCUT2D eigenvalue weighted by molar-refractivity contribution is -0.143. The molecule has 8 nitrogen and oxygen atoms in total. The highest BCUT2D eigenvalue weighted by molar-refractivity contribution is 5.93. The van der Waals surface area contributed by atoms with Crippen LogP contribution in [0.1, 0.15) is 31.2 Å². The minimum atomic E-state index is -4.23. The number of likely N-dealkylation sites (tertiary alicyclic amines) is 1. The molecule has 38 heavy (non-hydrogen) atoms. The molecule has 3 amide bonds. The van der Waals surface area contributed by atoms with Crippen LogP contribution in [-0.4, -0.2) is 51.1 Å². The lowest BCUT2D eigenvalue weighted by Gasteiger charge is -2.19. The molecule has 11 heteroatoms. The number of alkyl halides is 3. The van der Waals surface area contributed by atoms with E-state index in [0.717, 1.165) is 35.1 Å². The van der Waals surface area contributed by atoms with E-state index in [-0.39, 0.29) is 18.4 Å². The van der Waals surface area contributed by atoms with Crippen LogP contribution in [0.3, 0.4) is 0 Å². The zero-order valence-electron chi connectivity index (χ0n) is 20.8. The molecule has 2 fully saturated rings. The monoisotopic (exact) mass is 524 g/mol. The number of carbonyl (C=O) groups excluding carboxylic acids is 2. The van der Waals surface area contributed by atoms with Gasteiger partial charge in [0, 0.05) is 60.7 Å². The Labute approximate surface area is 217 Å². The summed E-state index contributed by atoms with van der Waals surface area (Å²) in [6.45, 7) is 2.31. The molecule has 198 valence electrons. The van der Waals surface area contributed by atoms with Gasteiger partial charge in [0.1, 0.15) is 12.1 Å². The standard InChI is InChI=1S/C27H27F3N6O2/c1-16-2-5-21(34-26(38)36-7-6-17(14-36)11-27(28,29)30)9-22(16)19-8-20(13-31-12-19)23-10-24(33-15-32-23)35-25(37)18-3-4-18/h2,5,8-10,12-13,15,17-18H,3-4,6-7,11,14H2,1H3,(H,34,38)(H,32,33,35,37). The first-order valence-electron chi connectivity index (χ1n) is 12.5. The van der Waals surface area contributed by atoms with E-state index in [2.05, 4.69) is 25.6 Å². The van der Waals surface area contributed by atoms with Crippen molar-refractivity contribution in [1.82, 2.24) is 19.9 Å². The average Bonchev–Trinajstić information content (AvgIpc) is 3.64. The van der Waals surface area contributed by atoms with Gasteiger partial charge in [-0.15, -0.1) is 0 Å². The zero-order chi connectivity index (χ0) is 26.9. The number of aryl methyl sites for hydroxylation is 1. The fraction of sp³-hybridized carbons (Fsp3) is 0.370. The fourth-order valence-electron chi connectivity index (χ4n) is 4.61. The lowest BCUT2D eigenvalue weighted by Crippen LogP contribution is -2.33. The van der Waals surface area contributed by atoms with Gasteiger partial charge >= 0.3 is 12.2 Å². The molecule has 0 spiro atoms. The van der Waals surface area contributed by atoms with E-state index in [1.54, 1.807) is 24.5 Å². The summed E-state index contributed by atoms with van der Waals surface area (Å²) in [6.07, 6.45) is 1.78. The molecule has 1 atom stereocenters. The van der Waals surface area contributed by atoms with Crippen molar-refractivity contribution in [2.24, 2.45) is 11.8 Å². The Hall–Kier alpha value is -4.02. The second kappa shape index (κ2) is 10.4. The minimum absolute atomic E-state index is 0.0409. The predicted octanol–water partition coefficient (Wildman–Crippen LogP) is 5.67. The topological polar surface area (TPSA) is 100 Å². The molecule has 1 aliphatic heterocycles. The number of benzene rings is 1. The molecule has 1 unspecified atom stereocenters. The van der Waals surface area contributed by atoms with Crippen molar-refractivity contribution in [2.45, 2.75) is 38.8 Å². The Balaban J connectivity index is 1.31. The first-order chi connectivity index (χ1) is 18.1. The van der Waals surface area contributed by atoms with Crippen molar-refractivity contribution in [1.29, 1.82) is 0 Å². The van der Waals surface area contributed by atoms with Crippen LogP contribution in [0, 0.1) is 18.8 Å². The highest BCUT2D eigenvalue weighted by Gasteiger charge is 2.36. The van der Waals surface area contributed by atoms with Gasteiger partial charge in [-0.1, -0.05) is 6.07 Å². The molecule has 2 aromatic heterocycles. The molecule has 0 bridgehead atoms.